The maximum Gasteiger partial charge on any atom is 0.315 e. The molecule has 0 aliphatic heterocycles. The standard InChI is InChI=1S/C20H27N5O.2H2/c26-20(24-18-11-17(12-18)16-4-2-1-3-5-16)23-13-15-6-7-22-19(10-15)25-9-8-21-14-25;;/h6-10,14,16-18H,1-5,11-13H2,(H2,23,24,26);2*1H. The van der Waals surface area contributed by atoms with E-state index in [0.717, 1.165) is 36.1 Å². The molecule has 0 radical (unpaired) electrons. The fraction of sp³-hybridized carbons (Fsp3) is 0.550. The van der Waals surface area contributed by atoms with Crippen molar-refractivity contribution in [1.82, 2.24) is 25.2 Å². The highest BCUT2D eigenvalue weighted by Crippen LogP contribution is 2.41. The van der Waals surface area contributed by atoms with E-state index in [1.165, 1.54) is 32.1 Å². The second-order valence-electron chi connectivity index (χ2n) is 7.65. The maximum absolute atomic E-state index is 12.2. The number of carbonyl (C=O) groups excluding carboxylic acids is 1. The lowest BCUT2D eigenvalue weighted by Gasteiger charge is -2.42. The summed E-state index contributed by atoms with van der Waals surface area (Å²) in [6, 6.07) is 4.16. The van der Waals surface area contributed by atoms with Crippen molar-refractivity contribution in [3.8, 4) is 5.82 Å². The lowest BCUT2D eigenvalue weighted by molar-refractivity contribution is 0.122. The van der Waals surface area contributed by atoms with Crippen LogP contribution in [0, 0.1) is 11.8 Å². The molecule has 6 heteroatoms. The van der Waals surface area contributed by atoms with Crippen molar-refractivity contribution in [3.63, 3.8) is 0 Å². The van der Waals surface area contributed by atoms with Gasteiger partial charge >= 0.3 is 6.03 Å². The first kappa shape index (κ1) is 17.1. The molecule has 6 nitrogen and oxygen atoms in total. The van der Waals surface area contributed by atoms with Gasteiger partial charge in [0.05, 0.1) is 0 Å². The summed E-state index contributed by atoms with van der Waals surface area (Å²) < 4.78 is 1.85. The summed E-state index contributed by atoms with van der Waals surface area (Å²) in [5.41, 5.74) is 1.02. The van der Waals surface area contributed by atoms with Crippen LogP contribution in [-0.2, 0) is 6.54 Å². The highest BCUT2D eigenvalue weighted by atomic mass is 16.2. The monoisotopic (exact) mass is 357 g/mol. The quantitative estimate of drug-likeness (QED) is 0.852. The summed E-state index contributed by atoms with van der Waals surface area (Å²) in [5, 5.41) is 6.08. The molecule has 0 aromatic carbocycles. The van der Waals surface area contributed by atoms with Crippen LogP contribution in [0.2, 0.25) is 0 Å². The number of rotatable bonds is 5. The lowest BCUT2D eigenvalue weighted by Crippen LogP contribution is -2.49. The van der Waals surface area contributed by atoms with Crippen LogP contribution in [-0.4, -0.2) is 26.6 Å². The normalized spacial score (nSPS) is 23.2. The molecule has 2 aromatic rings. The van der Waals surface area contributed by atoms with E-state index >= 15 is 0 Å². The number of urea groups is 1. The Kier molecular flexibility index (Phi) is 5.18. The third-order valence-corrected chi connectivity index (χ3v) is 5.86. The first-order valence-electron chi connectivity index (χ1n) is 9.75. The molecule has 26 heavy (non-hydrogen) atoms. The smallest absolute Gasteiger partial charge is 0.315 e. The Bertz CT molecular complexity index is 728. The minimum atomic E-state index is -0.0712. The summed E-state index contributed by atoms with van der Waals surface area (Å²) in [4.78, 5) is 20.5. The molecule has 142 valence electrons. The van der Waals surface area contributed by atoms with Crippen LogP contribution < -0.4 is 10.6 Å². The van der Waals surface area contributed by atoms with Crippen LogP contribution in [0.3, 0.4) is 0 Å². The lowest BCUT2D eigenvalue weighted by atomic mass is 9.68. The Balaban J connectivity index is 0.00000140. The molecule has 2 aromatic heterocycles. The summed E-state index contributed by atoms with van der Waals surface area (Å²) in [6.45, 7) is 0.495. The Morgan fingerprint density at radius 1 is 1.19 bits per heavy atom. The molecule has 2 N–H and O–H groups in total. The van der Waals surface area contributed by atoms with Crippen LogP contribution >= 0.6 is 0 Å². The first-order chi connectivity index (χ1) is 12.8. The molecular weight excluding hydrogens is 326 g/mol. The molecule has 4 rings (SSSR count). The molecule has 0 unspecified atom stereocenters. The second kappa shape index (κ2) is 7.89. The Morgan fingerprint density at radius 3 is 2.81 bits per heavy atom. The molecule has 0 spiro atoms. The Hall–Kier alpha value is -2.37. The molecule has 2 fully saturated rings. The van der Waals surface area contributed by atoms with Gasteiger partial charge in [0.1, 0.15) is 12.1 Å². The van der Waals surface area contributed by atoms with Crippen molar-refractivity contribution in [2.45, 2.75) is 57.5 Å². The topological polar surface area (TPSA) is 71.8 Å². The molecule has 2 aliphatic carbocycles. The number of hydrogen-bond donors (Lipinski definition) is 2. The van der Waals surface area contributed by atoms with E-state index < -0.39 is 0 Å². The van der Waals surface area contributed by atoms with E-state index in [1.54, 1.807) is 18.7 Å². The first-order valence-corrected chi connectivity index (χ1v) is 9.75. The van der Waals surface area contributed by atoms with Crippen molar-refractivity contribution in [2.24, 2.45) is 11.8 Å². The number of amides is 2. The molecule has 0 saturated heterocycles. The van der Waals surface area contributed by atoms with Crippen LogP contribution in [0.25, 0.3) is 5.82 Å². The van der Waals surface area contributed by atoms with Gasteiger partial charge in [-0.2, -0.15) is 0 Å². The van der Waals surface area contributed by atoms with Gasteiger partial charge in [-0.1, -0.05) is 32.1 Å². The van der Waals surface area contributed by atoms with E-state index in [9.17, 15) is 4.79 Å². The third kappa shape index (κ3) is 4.06. The zero-order valence-electron chi connectivity index (χ0n) is 15.1. The molecule has 2 saturated carbocycles. The highest BCUT2D eigenvalue weighted by molar-refractivity contribution is 5.74. The van der Waals surface area contributed by atoms with Crippen LogP contribution in [0.5, 0.6) is 0 Å². The minimum Gasteiger partial charge on any atom is -0.335 e. The van der Waals surface area contributed by atoms with Gasteiger partial charge in [-0.15, -0.1) is 0 Å². The van der Waals surface area contributed by atoms with Crippen molar-refractivity contribution in [2.75, 3.05) is 0 Å². The van der Waals surface area contributed by atoms with Crippen molar-refractivity contribution in [1.29, 1.82) is 0 Å². The number of imidazole rings is 1. The zero-order chi connectivity index (χ0) is 17.8. The molecule has 2 heterocycles. The fourth-order valence-electron chi connectivity index (χ4n) is 4.30. The van der Waals surface area contributed by atoms with E-state index in [0.29, 0.717) is 12.6 Å². The second-order valence-corrected chi connectivity index (χ2v) is 7.65. The van der Waals surface area contributed by atoms with Gasteiger partial charge in [0.25, 0.3) is 0 Å². The number of hydrogen-bond acceptors (Lipinski definition) is 3. The number of carbonyl (C=O) groups is 1. The minimum absolute atomic E-state index is 0. The van der Waals surface area contributed by atoms with Crippen molar-refractivity contribution >= 4 is 6.03 Å². The number of pyridine rings is 1. The summed E-state index contributed by atoms with van der Waals surface area (Å²) >= 11 is 0. The van der Waals surface area contributed by atoms with E-state index in [-0.39, 0.29) is 8.88 Å². The predicted molar refractivity (Wildman–Crippen MR) is 104 cm³/mol. The molecule has 0 bridgehead atoms. The average Bonchev–Trinajstić information content (AvgIpc) is 3.18. The summed E-state index contributed by atoms with van der Waals surface area (Å²) in [6.07, 6.45) is 16.3. The number of aromatic nitrogens is 3. The van der Waals surface area contributed by atoms with Crippen LogP contribution in [0.15, 0.2) is 37.1 Å². The molecular formula is C20H31N5O. The largest absolute Gasteiger partial charge is 0.335 e. The van der Waals surface area contributed by atoms with Gasteiger partial charge in [-0.05, 0) is 42.4 Å². The zero-order valence-corrected chi connectivity index (χ0v) is 15.1. The fourth-order valence-corrected chi connectivity index (χ4v) is 4.30. The number of nitrogens with zero attached hydrogens (tertiary/aromatic N) is 3. The molecule has 2 aliphatic rings. The molecule has 2 amide bonds. The van der Waals surface area contributed by atoms with Crippen LogP contribution in [0.1, 0.15) is 53.4 Å². The van der Waals surface area contributed by atoms with Gasteiger partial charge in [0.2, 0.25) is 0 Å². The van der Waals surface area contributed by atoms with Crippen molar-refractivity contribution < 1.29 is 7.65 Å². The van der Waals surface area contributed by atoms with Gasteiger partial charge in [-0.25, -0.2) is 14.8 Å². The van der Waals surface area contributed by atoms with Gasteiger partial charge < -0.3 is 10.6 Å². The van der Waals surface area contributed by atoms with Gasteiger partial charge in [-0.3, -0.25) is 4.57 Å². The van der Waals surface area contributed by atoms with Gasteiger partial charge in [0.15, 0.2) is 0 Å². The molecule has 0 atom stereocenters. The predicted octanol–water partition coefficient (Wildman–Crippen LogP) is 3.92. The van der Waals surface area contributed by atoms with Crippen molar-refractivity contribution in [3.05, 3.63) is 42.6 Å². The average molecular weight is 358 g/mol. The SMILES string of the molecule is O=C(NCc1ccnc(-n2ccnc2)c1)NC1CC(C2CCCCC2)C1.[HH].[HH]. The summed E-state index contributed by atoms with van der Waals surface area (Å²) in [5.74, 6) is 2.54. The number of nitrogens with one attached hydrogen (secondary N) is 2. The van der Waals surface area contributed by atoms with Gasteiger partial charge in [0, 0.05) is 34.0 Å². The Morgan fingerprint density at radius 2 is 2.04 bits per heavy atom. The summed E-state index contributed by atoms with van der Waals surface area (Å²) in [7, 11) is 0. The van der Waals surface area contributed by atoms with E-state index in [1.807, 2.05) is 22.9 Å². The van der Waals surface area contributed by atoms with Crippen LogP contribution in [0.4, 0.5) is 4.79 Å². The van der Waals surface area contributed by atoms with E-state index in [2.05, 4.69) is 20.6 Å². The third-order valence-electron chi connectivity index (χ3n) is 5.86. The highest BCUT2D eigenvalue weighted by Gasteiger charge is 2.35. The van der Waals surface area contributed by atoms with E-state index in [4.69, 9.17) is 0 Å². The Labute approximate surface area is 157 Å². The maximum atomic E-state index is 12.2.